The Labute approximate surface area is 117 Å². The monoisotopic (exact) mass is 274 g/mol. The minimum Gasteiger partial charge on any atom is -0.393 e. The van der Waals surface area contributed by atoms with Crippen molar-refractivity contribution in [3.8, 4) is 0 Å². The maximum Gasteiger partial charge on any atom is 0.249 e. The summed E-state index contributed by atoms with van der Waals surface area (Å²) in [6.45, 7) is 0. The number of benzene rings is 1. The second-order valence-electron chi connectivity index (χ2n) is 5.59. The van der Waals surface area contributed by atoms with Gasteiger partial charge in [0.15, 0.2) is 0 Å². The molecule has 2 aliphatic rings. The number of amides is 2. The average Bonchev–Trinajstić information content (AvgIpc) is 2.39. The molecule has 5 heteroatoms. The van der Waals surface area contributed by atoms with Gasteiger partial charge >= 0.3 is 0 Å². The van der Waals surface area contributed by atoms with Crippen LogP contribution in [0, 0.1) is 0 Å². The van der Waals surface area contributed by atoms with Crippen molar-refractivity contribution in [2.75, 3.05) is 5.32 Å². The average molecular weight is 274 g/mol. The summed E-state index contributed by atoms with van der Waals surface area (Å²) in [5.41, 5.74) is 2.10. The highest BCUT2D eigenvalue weighted by Crippen LogP contribution is 2.37. The number of carbonyl (C=O) groups excluding carboxylic acids is 2. The molecule has 0 aromatic heterocycles. The molecule has 1 aromatic rings. The summed E-state index contributed by atoms with van der Waals surface area (Å²) >= 11 is 0. The molecule has 3 rings (SSSR count). The van der Waals surface area contributed by atoms with E-state index >= 15 is 0 Å². The zero-order valence-corrected chi connectivity index (χ0v) is 11.1. The highest BCUT2D eigenvalue weighted by Gasteiger charge is 2.29. The zero-order chi connectivity index (χ0) is 14.1. The van der Waals surface area contributed by atoms with Crippen molar-refractivity contribution in [3.05, 3.63) is 29.8 Å². The molecule has 2 fully saturated rings. The molecule has 1 heterocycles. The predicted octanol–water partition coefficient (Wildman–Crippen LogP) is 1.14. The molecule has 0 radical (unpaired) electrons. The van der Waals surface area contributed by atoms with Crippen molar-refractivity contribution in [2.45, 2.75) is 43.7 Å². The lowest BCUT2D eigenvalue weighted by Crippen LogP contribution is -2.47. The van der Waals surface area contributed by atoms with E-state index in [1.807, 2.05) is 24.3 Å². The quantitative estimate of drug-likeness (QED) is 0.722. The van der Waals surface area contributed by atoms with Crippen molar-refractivity contribution < 1.29 is 14.7 Å². The van der Waals surface area contributed by atoms with Gasteiger partial charge in [-0.2, -0.15) is 0 Å². The molecular formula is C15H18N2O3. The van der Waals surface area contributed by atoms with Gasteiger partial charge < -0.3 is 10.4 Å². The van der Waals surface area contributed by atoms with Crippen molar-refractivity contribution >= 4 is 17.5 Å². The highest BCUT2D eigenvalue weighted by atomic mass is 16.3. The summed E-state index contributed by atoms with van der Waals surface area (Å²) in [4.78, 5) is 22.7. The molecule has 5 nitrogen and oxygen atoms in total. The lowest BCUT2D eigenvalue weighted by Gasteiger charge is -2.32. The van der Waals surface area contributed by atoms with E-state index in [0.717, 1.165) is 18.5 Å². The molecule has 2 amide bonds. The summed E-state index contributed by atoms with van der Waals surface area (Å²) < 4.78 is 0. The summed E-state index contributed by atoms with van der Waals surface area (Å²) in [7, 11) is 0. The van der Waals surface area contributed by atoms with Crippen LogP contribution in [0.3, 0.4) is 0 Å². The highest BCUT2D eigenvalue weighted by molar-refractivity contribution is 6.01. The van der Waals surface area contributed by atoms with Crippen LogP contribution in [0.25, 0.3) is 0 Å². The number of rotatable bonds is 3. The number of nitrogens with one attached hydrogen (secondary N) is 2. The molecule has 0 spiro atoms. The van der Waals surface area contributed by atoms with E-state index in [1.165, 1.54) is 5.56 Å². The molecule has 1 aliphatic heterocycles. The normalized spacial score (nSPS) is 29.6. The molecule has 1 saturated carbocycles. The molecule has 1 aromatic carbocycles. The van der Waals surface area contributed by atoms with Crippen molar-refractivity contribution in [1.29, 1.82) is 0 Å². The smallest absolute Gasteiger partial charge is 0.249 e. The number of aliphatic hydroxyl groups excluding tert-OH is 1. The van der Waals surface area contributed by atoms with Crippen molar-refractivity contribution in [3.63, 3.8) is 0 Å². The molecule has 20 heavy (non-hydrogen) atoms. The molecular weight excluding hydrogens is 256 g/mol. The number of imide groups is 1. The van der Waals surface area contributed by atoms with Gasteiger partial charge in [-0.1, -0.05) is 12.1 Å². The molecule has 0 bridgehead atoms. The number of aliphatic hydroxyl groups is 1. The van der Waals surface area contributed by atoms with Crippen LogP contribution in [-0.4, -0.2) is 29.1 Å². The van der Waals surface area contributed by atoms with E-state index < -0.39 is 0 Å². The van der Waals surface area contributed by atoms with E-state index in [1.54, 1.807) is 0 Å². The summed E-state index contributed by atoms with van der Waals surface area (Å²) in [5, 5.41) is 14.8. The lowest BCUT2D eigenvalue weighted by molar-refractivity contribution is -0.133. The molecule has 1 aliphatic carbocycles. The van der Waals surface area contributed by atoms with Crippen LogP contribution in [0.4, 0.5) is 5.69 Å². The van der Waals surface area contributed by atoms with Gasteiger partial charge in [-0.05, 0) is 42.9 Å². The van der Waals surface area contributed by atoms with E-state index in [0.29, 0.717) is 18.8 Å². The lowest BCUT2D eigenvalue weighted by atomic mass is 9.78. The van der Waals surface area contributed by atoms with Crippen LogP contribution in [0.2, 0.25) is 0 Å². The Kier molecular flexibility index (Phi) is 3.44. The Bertz CT molecular complexity index is 520. The van der Waals surface area contributed by atoms with Gasteiger partial charge in [0.25, 0.3) is 0 Å². The second kappa shape index (κ2) is 5.25. The van der Waals surface area contributed by atoms with Gasteiger partial charge in [-0.3, -0.25) is 14.9 Å². The first kappa shape index (κ1) is 13.1. The molecule has 106 valence electrons. The van der Waals surface area contributed by atoms with Crippen LogP contribution in [0.15, 0.2) is 24.3 Å². The SMILES string of the molecule is O=C1CC[C@@H](Nc2ccc(C3CC(O)C3)cc2)C(=O)N1. The van der Waals surface area contributed by atoms with Crippen molar-refractivity contribution in [2.24, 2.45) is 0 Å². The second-order valence-corrected chi connectivity index (χ2v) is 5.59. The van der Waals surface area contributed by atoms with Gasteiger partial charge in [0.05, 0.1) is 6.10 Å². The maximum absolute atomic E-state index is 11.7. The van der Waals surface area contributed by atoms with Gasteiger partial charge in [0, 0.05) is 12.1 Å². The Morgan fingerprint density at radius 1 is 1.15 bits per heavy atom. The van der Waals surface area contributed by atoms with Gasteiger partial charge in [-0.15, -0.1) is 0 Å². The Balaban J connectivity index is 1.60. The number of hydrogen-bond donors (Lipinski definition) is 3. The fourth-order valence-corrected chi connectivity index (χ4v) is 2.74. The van der Waals surface area contributed by atoms with Gasteiger partial charge in [0.2, 0.25) is 11.8 Å². The number of piperidine rings is 1. The molecule has 0 unspecified atom stereocenters. The number of hydrogen-bond acceptors (Lipinski definition) is 4. The number of carbonyl (C=O) groups is 2. The minimum absolute atomic E-state index is 0.152. The first-order chi connectivity index (χ1) is 9.61. The fourth-order valence-electron chi connectivity index (χ4n) is 2.74. The fraction of sp³-hybridized carbons (Fsp3) is 0.467. The van der Waals surface area contributed by atoms with Crippen LogP contribution in [0.1, 0.15) is 37.2 Å². The van der Waals surface area contributed by atoms with Gasteiger partial charge in [-0.25, -0.2) is 0 Å². The van der Waals surface area contributed by atoms with E-state index in [2.05, 4.69) is 10.6 Å². The van der Waals surface area contributed by atoms with E-state index in [9.17, 15) is 14.7 Å². The first-order valence-corrected chi connectivity index (χ1v) is 7.00. The van der Waals surface area contributed by atoms with E-state index in [-0.39, 0.29) is 24.0 Å². The summed E-state index contributed by atoms with van der Waals surface area (Å²) in [6, 6.07) is 7.62. The van der Waals surface area contributed by atoms with Crippen LogP contribution in [-0.2, 0) is 9.59 Å². The Morgan fingerprint density at radius 3 is 2.45 bits per heavy atom. The molecule has 1 saturated heterocycles. The minimum atomic E-state index is -0.343. The topological polar surface area (TPSA) is 78.4 Å². The zero-order valence-electron chi connectivity index (χ0n) is 11.1. The predicted molar refractivity (Wildman–Crippen MR) is 74.2 cm³/mol. The number of anilines is 1. The van der Waals surface area contributed by atoms with E-state index in [4.69, 9.17) is 0 Å². The third-order valence-electron chi connectivity index (χ3n) is 4.08. The van der Waals surface area contributed by atoms with Crippen LogP contribution >= 0.6 is 0 Å². The van der Waals surface area contributed by atoms with Crippen LogP contribution in [0.5, 0.6) is 0 Å². The standard InChI is InChI=1S/C15H18N2O3/c18-12-7-10(8-12)9-1-3-11(4-2-9)16-13-5-6-14(19)17-15(13)20/h1-4,10,12-13,16,18H,5-8H2,(H,17,19,20)/t10?,12?,13-/m1/s1. The summed E-state index contributed by atoms with van der Waals surface area (Å²) in [5.74, 6) is -0.00553. The third kappa shape index (κ3) is 2.67. The van der Waals surface area contributed by atoms with Crippen molar-refractivity contribution in [1.82, 2.24) is 5.32 Å². The third-order valence-corrected chi connectivity index (χ3v) is 4.08. The largest absolute Gasteiger partial charge is 0.393 e. The first-order valence-electron chi connectivity index (χ1n) is 7.00. The molecule has 3 N–H and O–H groups in total. The Morgan fingerprint density at radius 2 is 1.85 bits per heavy atom. The Hall–Kier alpha value is -1.88. The van der Waals surface area contributed by atoms with Gasteiger partial charge in [0.1, 0.15) is 6.04 Å². The maximum atomic E-state index is 11.7. The van der Waals surface area contributed by atoms with Crippen LogP contribution < -0.4 is 10.6 Å². The summed E-state index contributed by atoms with van der Waals surface area (Å²) in [6.07, 6.45) is 2.42. The molecule has 1 atom stereocenters.